The summed E-state index contributed by atoms with van der Waals surface area (Å²) < 4.78 is 5.85. The summed E-state index contributed by atoms with van der Waals surface area (Å²) in [5, 5.41) is 2.84. The van der Waals surface area contributed by atoms with Gasteiger partial charge in [-0.25, -0.2) is 0 Å². The van der Waals surface area contributed by atoms with Crippen molar-refractivity contribution in [3.8, 4) is 5.88 Å². The first-order valence-electron chi connectivity index (χ1n) is 11.9. The second kappa shape index (κ2) is 10.4. The normalized spacial score (nSPS) is 25.7. The van der Waals surface area contributed by atoms with E-state index in [1.54, 1.807) is 0 Å². The number of hydrogen-bond donors (Lipinski definition) is 1. The van der Waals surface area contributed by atoms with Crippen molar-refractivity contribution in [2.75, 3.05) is 31.6 Å². The highest BCUT2D eigenvalue weighted by molar-refractivity contribution is 5.92. The molecule has 1 saturated heterocycles. The number of anilines is 1. The number of ether oxygens (including phenoxy) is 1. The van der Waals surface area contributed by atoms with Gasteiger partial charge in [-0.05, 0) is 68.7 Å². The molecule has 2 fully saturated rings. The van der Waals surface area contributed by atoms with Crippen molar-refractivity contribution < 1.29 is 9.53 Å². The Kier molecular flexibility index (Phi) is 7.42. The quantitative estimate of drug-likeness (QED) is 0.698. The Balaban J connectivity index is 1.15. The molecule has 1 saturated carbocycles. The molecule has 0 aromatic carbocycles. The van der Waals surface area contributed by atoms with Gasteiger partial charge in [-0.1, -0.05) is 38.5 Å². The van der Waals surface area contributed by atoms with Gasteiger partial charge in [0.2, 0.25) is 11.8 Å². The van der Waals surface area contributed by atoms with E-state index in [1.165, 1.54) is 77.4 Å². The molecule has 160 valence electrons. The molecule has 2 aliphatic heterocycles. The number of fused-ring (bicyclic) bond motifs is 2. The number of aromatic nitrogens is 1. The molecule has 5 nitrogen and oxygen atoms in total. The lowest BCUT2D eigenvalue weighted by atomic mass is 9.80. The number of aryl methyl sites for hydroxylation is 1. The molecule has 1 aromatic rings. The maximum absolute atomic E-state index is 11.5. The lowest BCUT2D eigenvalue weighted by Gasteiger charge is -2.38. The van der Waals surface area contributed by atoms with Crippen LogP contribution in [0.2, 0.25) is 0 Å². The minimum Gasteiger partial charge on any atom is -0.478 e. The average Bonchev–Trinajstić information content (AvgIpc) is 2.85. The fraction of sp³-hybridized carbons (Fsp3) is 0.750. The van der Waals surface area contributed by atoms with Gasteiger partial charge in [0.15, 0.2) is 0 Å². The summed E-state index contributed by atoms with van der Waals surface area (Å²) in [6, 6.07) is 3.96. The molecule has 2 unspecified atom stereocenters. The van der Waals surface area contributed by atoms with Crippen LogP contribution in [0, 0.1) is 11.8 Å². The largest absolute Gasteiger partial charge is 0.478 e. The van der Waals surface area contributed by atoms with E-state index in [9.17, 15) is 4.79 Å². The number of rotatable bonds is 6. The SMILES string of the molecule is O=C1CCc2ccc(OCCCCN3CCC4CCCCCCCC4C3)nc2N1. The number of piperidine rings is 1. The predicted molar refractivity (Wildman–Crippen MR) is 116 cm³/mol. The zero-order valence-electron chi connectivity index (χ0n) is 17.8. The van der Waals surface area contributed by atoms with Gasteiger partial charge in [-0.15, -0.1) is 0 Å². The van der Waals surface area contributed by atoms with Gasteiger partial charge in [0, 0.05) is 19.0 Å². The molecule has 1 N–H and O–H groups in total. The van der Waals surface area contributed by atoms with Gasteiger partial charge in [0.05, 0.1) is 6.61 Å². The number of nitrogens with zero attached hydrogens (tertiary/aromatic N) is 2. The Morgan fingerprint density at radius 1 is 1.00 bits per heavy atom. The van der Waals surface area contributed by atoms with Gasteiger partial charge in [-0.2, -0.15) is 4.98 Å². The van der Waals surface area contributed by atoms with E-state index in [0.29, 0.717) is 24.7 Å². The third-order valence-corrected chi connectivity index (χ3v) is 7.08. The van der Waals surface area contributed by atoms with Crippen LogP contribution in [-0.4, -0.2) is 42.0 Å². The number of nitrogens with one attached hydrogen (secondary N) is 1. The number of amides is 1. The lowest BCUT2D eigenvalue weighted by Crippen LogP contribution is -2.41. The van der Waals surface area contributed by atoms with Crippen molar-refractivity contribution in [3.05, 3.63) is 17.7 Å². The third-order valence-electron chi connectivity index (χ3n) is 7.08. The van der Waals surface area contributed by atoms with E-state index < -0.39 is 0 Å². The minimum absolute atomic E-state index is 0.0471. The van der Waals surface area contributed by atoms with E-state index in [2.05, 4.69) is 15.2 Å². The molecule has 1 amide bonds. The standard InChI is InChI=1S/C24H37N3O2/c28-22-12-10-20-11-13-23(26-24(20)25-22)29-17-7-6-15-27-16-14-19-8-4-2-1-3-5-9-21(19)18-27/h11,13,19,21H,1-10,12,14-18H2,(H,25,26,28). The van der Waals surface area contributed by atoms with Gasteiger partial charge in [0.25, 0.3) is 0 Å². The molecule has 4 rings (SSSR count). The molecule has 3 aliphatic rings. The predicted octanol–water partition coefficient (Wildman–Crippen LogP) is 4.81. The highest BCUT2D eigenvalue weighted by Crippen LogP contribution is 2.33. The first-order valence-corrected chi connectivity index (χ1v) is 11.9. The third kappa shape index (κ3) is 5.94. The van der Waals surface area contributed by atoms with E-state index in [-0.39, 0.29) is 5.91 Å². The molecule has 29 heavy (non-hydrogen) atoms. The van der Waals surface area contributed by atoms with E-state index in [1.807, 2.05) is 12.1 Å². The first kappa shape index (κ1) is 20.6. The maximum atomic E-state index is 11.5. The Bertz CT molecular complexity index is 678. The molecule has 0 spiro atoms. The van der Waals surface area contributed by atoms with Crippen LogP contribution in [0.15, 0.2) is 12.1 Å². The number of pyridine rings is 1. The van der Waals surface area contributed by atoms with E-state index in [0.717, 1.165) is 30.2 Å². The number of unbranched alkanes of at least 4 members (excludes halogenated alkanes) is 1. The molecule has 2 atom stereocenters. The Hall–Kier alpha value is -1.62. The number of likely N-dealkylation sites (tertiary alicyclic amines) is 1. The molecule has 0 bridgehead atoms. The smallest absolute Gasteiger partial charge is 0.225 e. The average molecular weight is 400 g/mol. The minimum atomic E-state index is 0.0471. The first-order chi connectivity index (χ1) is 14.3. The van der Waals surface area contributed by atoms with Gasteiger partial charge in [-0.3, -0.25) is 4.79 Å². The van der Waals surface area contributed by atoms with Crippen LogP contribution >= 0.6 is 0 Å². The topological polar surface area (TPSA) is 54.5 Å². The second-order valence-corrected chi connectivity index (χ2v) is 9.22. The zero-order chi connectivity index (χ0) is 19.9. The van der Waals surface area contributed by atoms with Crippen LogP contribution in [0.25, 0.3) is 0 Å². The summed E-state index contributed by atoms with van der Waals surface area (Å²) in [5.41, 5.74) is 1.10. The highest BCUT2D eigenvalue weighted by atomic mass is 16.5. The van der Waals surface area contributed by atoms with Crippen molar-refractivity contribution in [1.82, 2.24) is 9.88 Å². The summed E-state index contributed by atoms with van der Waals surface area (Å²) in [6.45, 7) is 4.49. The second-order valence-electron chi connectivity index (χ2n) is 9.22. The van der Waals surface area contributed by atoms with Crippen molar-refractivity contribution in [3.63, 3.8) is 0 Å². The van der Waals surface area contributed by atoms with Crippen molar-refractivity contribution >= 4 is 11.7 Å². The van der Waals surface area contributed by atoms with Gasteiger partial charge in [0.1, 0.15) is 5.82 Å². The molecule has 1 aromatic heterocycles. The van der Waals surface area contributed by atoms with Crippen molar-refractivity contribution in [2.45, 2.75) is 77.0 Å². The number of hydrogen-bond acceptors (Lipinski definition) is 4. The molecule has 5 heteroatoms. The Morgan fingerprint density at radius 2 is 1.83 bits per heavy atom. The summed E-state index contributed by atoms with van der Waals surface area (Å²) in [6.07, 6.45) is 15.1. The van der Waals surface area contributed by atoms with Crippen LogP contribution in [-0.2, 0) is 11.2 Å². The van der Waals surface area contributed by atoms with Gasteiger partial charge < -0.3 is 15.0 Å². The molecular formula is C24H37N3O2. The maximum Gasteiger partial charge on any atom is 0.225 e. The summed E-state index contributed by atoms with van der Waals surface area (Å²) in [4.78, 5) is 18.7. The number of carbonyl (C=O) groups is 1. The van der Waals surface area contributed by atoms with Gasteiger partial charge >= 0.3 is 0 Å². The summed E-state index contributed by atoms with van der Waals surface area (Å²) in [5.74, 6) is 3.27. The van der Waals surface area contributed by atoms with E-state index in [4.69, 9.17) is 4.74 Å². The van der Waals surface area contributed by atoms with Crippen molar-refractivity contribution in [1.29, 1.82) is 0 Å². The fourth-order valence-corrected chi connectivity index (χ4v) is 5.33. The lowest BCUT2D eigenvalue weighted by molar-refractivity contribution is -0.116. The van der Waals surface area contributed by atoms with Crippen LogP contribution < -0.4 is 10.1 Å². The molecule has 3 heterocycles. The summed E-state index contributed by atoms with van der Waals surface area (Å²) in [7, 11) is 0. The van der Waals surface area contributed by atoms with Crippen LogP contribution in [0.5, 0.6) is 5.88 Å². The zero-order valence-corrected chi connectivity index (χ0v) is 17.8. The summed E-state index contributed by atoms with van der Waals surface area (Å²) >= 11 is 0. The van der Waals surface area contributed by atoms with Crippen molar-refractivity contribution in [2.24, 2.45) is 11.8 Å². The molecule has 0 radical (unpaired) electrons. The fourth-order valence-electron chi connectivity index (χ4n) is 5.33. The Morgan fingerprint density at radius 3 is 2.72 bits per heavy atom. The van der Waals surface area contributed by atoms with Crippen LogP contribution in [0.3, 0.4) is 0 Å². The van der Waals surface area contributed by atoms with E-state index >= 15 is 0 Å². The van der Waals surface area contributed by atoms with Crippen LogP contribution in [0.4, 0.5) is 5.82 Å². The highest BCUT2D eigenvalue weighted by Gasteiger charge is 2.28. The molecular weight excluding hydrogens is 362 g/mol. The van der Waals surface area contributed by atoms with Crippen LogP contribution in [0.1, 0.15) is 76.2 Å². The monoisotopic (exact) mass is 399 g/mol. The number of carbonyl (C=O) groups excluding carboxylic acids is 1. The molecule has 1 aliphatic carbocycles. The Labute approximate surface area is 175 Å².